The Hall–Kier alpha value is -3.07. The third-order valence-corrected chi connectivity index (χ3v) is 6.37. The van der Waals surface area contributed by atoms with E-state index in [1.165, 1.54) is 18.3 Å². The molecule has 1 aliphatic carbocycles. The van der Waals surface area contributed by atoms with Crippen molar-refractivity contribution in [3.63, 3.8) is 0 Å². The standard InChI is InChI=1S/C23H27N5O3S/c1-13(2)26-19-18(21(30)27-16-6-8-17(9-7-16)31-14(3)29)12-25-23-20(19)28-22(32-23)15-5-4-10-24-11-15/h4-5,10-13,16-17H,6-9H2,1-3H3,(H,25,26)(H,27,30). The van der Waals surface area contributed by atoms with Gasteiger partial charge in [0, 0.05) is 43.2 Å². The van der Waals surface area contributed by atoms with Crippen LogP contribution in [0.2, 0.25) is 0 Å². The van der Waals surface area contributed by atoms with E-state index in [2.05, 4.69) is 20.6 Å². The number of amides is 1. The van der Waals surface area contributed by atoms with Crippen LogP contribution in [-0.2, 0) is 9.53 Å². The lowest BCUT2D eigenvalue weighted by molar-refractivity contribution is -0.147. The van der Waals surface area contributed by atoms with Crippen LogP contribution in [0, 0.1) is 0 Å². The van der Waals surface area contributed by atoms with Gasteiger partial charge in [-0.1, -0.05) is 11.3 Å². The molecule has 3 heterocycles. The second-order valence-corrected chi connectivity index (χ2v) is 9.29. The molecule has 3 aromatic rings. The zero-order valence-corrected chi connectivity index (χ0v) is 19.2. The van der Waals surface area contributed by atoms with Crippen LogP contribution in [0.5, 0.6) is 0 Å². The molecule has 0 unspecified atom stereocenters. The van der Waals surface area contributed by atoms with Gasteiger partial charge in [0.15, 0.2) is 0 Å². The number of ether oxygens (including phenoxy) is 1. The summed E-state index contributed by atoms with van der Waals surface area (Å²) in [6, 6.07) is 3.99. The number of thiazole rings is 1. The minimum absolute atomic E-state index is 0.0401. The molecule has 0 saturated heterocycles. The van der Waals surface area contributed by atoms with Crippen molar-refractivity contribution < 1.29 is 14.3 Å². The Morgan fingerprint density at radius 3 is 2.62 bits per heavy atom. The van der Waals surface area contributed by atoms with E-state index < -0.39 is 0 Å². The summed E-state index contributed by atoms with van der Waals surface area (Å²) in [5.41, 5.74) is 2.79. The molecule has 168 valence electrons. The van der Waals surface area contributed by atoms with E-state index in [1.807, 2.05) is 26.0 Å². The first-order chi connectivity index (χ1) is 15.4. The zero-order valence-electron chi connectivity index (χ0n) is 18.4. The van der Waals surface area contributed by atoms with Gasteiger partial charge in [-0.15, -0.1) is 0 Å². The summed E-state index contributed by atoms with van der Waals surface area (Å²) in [6.45, 7) is 5.48. The van der Waals surface area contributed by atoms with Gasteiger partial charge in [-0.05, 0) is 51.7 Å². The third-order valence-electron chi connectivity index (χ3n) is 5.35. The van der Waals surface area contributed by atoms with Crippen molar-refractivity contribution in [3.8, 4) is 10.6 Å². The predicted octanol–water partition coefficient (Wildman–Crippen LogP) is 4.18. The van der Waals surface area contributed by atoms with Gasteiger partial charge in [-0.25, -0.2) is 9.97 Å². The summed E-state index contributed by atoms with van der Waals surface area (Å²) in [6.07, 6.45) is 8.10. The van der Waals surface area contributed by atoms with E-state index in [1.54, 1.807) is 18.6 Å². The van der Waals surface area contributed by atoms with Gasteiger partial charge in [0.25, 0.3) is 5.91 Å². The van der Waals surface area contributed by atoms with Crippen molar-refractivity contribution in [2.75, 3.05) is 5.32 Å². The van der Waals surface area contributed by atoms with E-state index in [0.717, 1.165) is 41.1 Å². The number of aromatic nitrogens is 3. The molecule has 0 aliphatic heterocycles. The summed E-state index contributed by atoms with van der Waals surface area (Å²) in [5, 5.41) is 7.34. The fourth-order valence-electron chi connectivity index (χ4n) is 3.92. The second-order valence-electron chi connectivity index (χ2n) is 8.32. The van der Waals surface area contributed by atoms with Crippen molar-refractivity contribution in [1.82, 2.24) is 20.3 Å². The molecular formula is C23H27N5O3S. The summed E-state index contributed by atoms with van der Waals surface area (Å²) in [4.78, 5) is 38.6. The van der Waals surface area contributed by atoms with Gasteiger partial charge in [0.1, 0.15) is 21.5 Å². The maximum Gasteiger partial charge on any atom is 0.302 e. The topological polar surface area (TPSA) is 106 Å². The average Bonchev–Trinajstić information content (AvgIpc) is 3.20. The predicted molar refractivity (Wildman–Crippen MR) is 125 cm³/mol. The number of hydrogen-bond acceptors (Lipinski definition) is 8. The van der Waals surface area contributed by atoms with Crippen LogP contribution in [0.4, 0.5) is 5.69 Å². The minimum Gasteiger partial charge on any atom is -0.463 e. The highest BCUT2D eigenvalue weighted by atomic mass is 32.1. The molecule has 0 aromatic carbocycles. The molecule has 0 atom stereocenters. The number of rotatable bonds is 6. The number of carbonyl (C=O) groups excluding carboxylic acids is 2. The van der Waals surface area contributed by atoms with Crippen molar-refractivity contribution in [2.45, 2.75) is 64.6 Å². The van der Waals surface area contributed by atoms with E-state index in [4.69, 9.17) is 9.72 Å². The lowest BCUT2D eigenvalue weighted by Crippen LogP contribution is -2.39. The number of nitrogens with one attached hydrogen (secondary N) is 2. The van der Waals surface area contributed by atoms with Crippen LogP contribution >= 0.6 is 11.3 Å². The second kappa shape index (κ2) is 9.60. The molecule has 1 aliphatic rings. The number of fused-ring (bicyclic) bond motifs is 1. The molecule has 1 saturated carbocycles. The Morgan fingerprint density at radius 1 is 1.19 bits per heavy atom. The zero-order chi connectivity index (χ0) is 22.7. The molecule has 0 radical (unpaired) electrons. The van der Waals surface area contributed by atoms with E-state index in [0.29, 0.717) is 16.8 Å². The quantitative estimate of drug-likeness (QED) is 0.539. The SMILES string of the molecule is CC(=O)OC1CCC(NC(=O)c2cnc3sc(-c4cccnc4)nc3c2NC(C)C)CC1. The Labute approximate surface area is 190 Å². The number of pyridine rings is 2. The molecule has 1 amide bonds. The maximum atomic E-state index is 13.2. The number of nitrogens with zero attached hydrogens (tertiary/aromatic N) is 3. The number of carbonyl (C=O) groups is 2. The van der Waals surface area contributed by atoms with Crippen molar-refractivity contribution in [1.29, 1.82) is 0 Å². The van der Waals surface area contributed by atoms with Crippen LogP contribution in [0.15, 0.2) is 30.7 Å². The van der Waals surface area contributed by atoms with Crippen LogP contribution in [-0.4, -0.2) is 45.0 Å². The first-order valence-corrected chi connectivity index (χ1v) is 11.7. The van der Waals surface area contributed by atoms with Crippen LogP contribution in [0.3, 0.4) is 0 Å². The van der Waals surface area contributed by atoms with Gasteiger partial charge in [-0.2, -0.15) is 0 Å². The Bertz CT molecular complexity index is 1110. The average molecular weight is 454 g/mol. The highest BCUT2D eigenvalue weighted by Gasteiger charge is 2.26. The lowest BCUT2D eigenvalue weighted by atomic mass is 9.92. The van der Waals surface area contributed by atoms with Crippen LogP contribution in [0.25, 0.3) is 20.9 Å². The molecule has 0 bridgehead atoms. The summed E-state index contributed by atoms with van der Waals surface area (Å²) in [7, 11) is 0. The minimum atomic E-state index is -0.254. The van der Waals surface area contributed by atoms with Gasteiger partial charge >= 0.3 is 5.97 Å². The third kappa shape index (κ3) is 5.04. The molecule has 4 rings (SSSR count). The van der Waals surface area contributed by atoms with Gasteiger partial charge in [0.05, 0.1) is 11.3 Å². The number of hydrogen-bond donors (Lipinski definition) is 2. The molecular weight excluding hydrogens is 426 g/mol. The number of esters is 1. The molecule has 32 heavy (non-hydrogen) atoms. The molecule has 1 fully saturated rings. The van der Waals surface area contributed by atoms with E-state index in [-0.39, 0.29) is 30.1 Å². The molecule has 3 aromatic heterocycles. The van der Waals surface area contributed by atoms with Crippen LogP contribution < -0.4 is 10.6 Å². The Morgan fingerprint density at radius 2 is 1.97 bits per heavy atom. The Kier molecular flexibility index (Phi) is 6.64. The van der Waals surface area contributed by atoms with Crippen molar-refractivity contribution in [2.24, 2.45) is 0 Å². The first-order valence-electron chi connectivity index (χ1n) is 10.8. The van der Waals surface area contributed by atoms with Crippen molar-refractivity contribution >= 4 is 39.2 Å². The normalized spacial score (nSPS) is 18.5. The number of anilines is 1. The fraction of sp³-hybridized carbons (Fsp3) is 0.435. The van der Waals surface area contributed by atoms with E-state index in [9.17, 15) is 9.59 Å². The molecule has 2 N–H and O–H groups in total. The maximum absolute atomic E-state index is 13.2. The summed E-state index contributed by atoms with van der Waals surface area (Å²) >= 11 is 1.48. The van der Waals surface area contributed by atoms with Crippen LogP contribution in [0.1, 0.15) is 56.8 Å². The van der Waals surface area contributed by atoms with Gasteiger partial charge in [-0.3, -0.25) is 14.6 Å². The van der Waals surface area contributed by atoms with Gasteiger partial charge < -0.3 is 15.4 Å². The summed E-state index contributed by atoms with van der Waals surface area (Å²) < 4.78 is 5.30. The lowest BCUT2D eigenvalue weighted by Gasteiger charge is -2.28. The van der Waals surface area contributed by atoms with E-state index >= 15 is 0 Å². The first kappa shape index (κ1) is 22.1. The molecule has 9 heteroatoms. The van der Waals surface area contributed by atoms with Crippen molar-refractivity contribution in [3.05, 3.63) is 36.3 Å². The van der Waals surface area contributed by atoms with Gasteiger partial charge in [0.2, 0.25) is 0 Å². The molecule has 8 nitrogen and oxygen atoms in total. The fourth-order valence-corrected chi connectivity index (χ4v) is 4.83. The highest BCUT2D eigenvalue weighted by Crippen LogP contribution is 2.34. The Balaban J connectivity index is 1.57. The summed E-state index contributed by atoms with van der Waals surface area (Å²) in [5.74, 6) is -0.426. The largest absolute Gasteiger partial charge is 0.463 e. The monoisotopic (exact) mass is 453 g/mol. The highest BCUT2D eigenvalue weighted by molar-refractivity contribution is 7.21. The molecule has 0 spiro atoms. The smallest absolute Gasteiger partial charge is 0.302 e.